The van der Waals surface area contributed by atoms with Gasteiger partial charge in [0.2, 0.25) is 0 Å². The van der Waals surface area contributed by atoms with Crippen molar-refractivity contribution in [1.82, 2.24) is 0 Å². The fourth-order valence-corrected chi connectivity index (χ4v) is 0.734. The molecule has 8 heavy (non-hydrogen) atoms. The molecule has 0 spiro atoms. The van der Waals surface area contributed by atoms with Crippen molar-refractivity contribution >= 4 is 23.2 Å². The van der Waals surface area contributed by atoms with Crippen molar-refractivity contribution in [2.24, 2.45) is 0 Å². The van der Waals surface area contributed by atoms with E-state index in [4.69, 9.17) is 23.2 Å². The second kappa shape index (κ2) is 5.46. The minimum atomic E-state index is 0.726. The Kier molecular flexibility index (Phi) is 5.67. The zero-order valence-corrected chi connectivity index (χ0v) is 6.30. The Labute approximate surface area is 60.5 Å². The number of halogens is 2. The van der Waals surface area contributed by atoms with Gasteiger partial charge in [-0.1, -0.05) is 18.2 Å². The lowest BCUT2D eigenvalue weighted by molar-refractivity contribution is 0.813. The Morgan fingerprint density at radius 2 is 2.00 bits per heavy atom. The molecule has 0 heterocycles. The summed E-state index contributed by atoms with van der Waals surface area (Å²) in [6.07, 6.45) is 2.99. The van der Waals surface area contributed by atoms with E-state index in [-0.39, 0.29) is 0 Å². The largest absolute Gasteiger partial charge is 0.127 e. The molecule has 0 saturated heterocycles. The van der Waals surface area contributed by atoms with Crippen molar-refractivity contribution in [2.45, 2.75) is 19.3 Å². The van der Waals surface area contributed by atoms with Gasteiger partial charge in [0.1, 0.15) is 0 Å². The van der Waals surface area contributed by atoms with Gasteiger partial charge in [0.15, 0.2) is 0 Å². The molecule has 0 saturated carbocycles. The van der Waals surface area contributed by atoms with Crippen molar-refractivity contribution in [3.05, 3.63) is 11.6 Å². The van der Waals surface area contributed by atoms with E-state index in [1.54, 1.807) is 0 Å². The number of alkyl halides is 1. The van der Waals surface area contributed by atoms with Crippen LogP contribution in [0.25, 0.3) is 0 Å². The molecule has 0 aromatic heterocycles. The molecule has 0 nitrogen and oxygen atoms in total. The summed E-state index contributed by atoms with van der Waals surface area (Å²) in [5.74, 6) is 0.726. The van der Waals surface area contributed by atoms with Gasteiger partial charge in [0, 0.05) is 10.9 Å². The number of rotatable bonds is 4. The molecule has 0 aliphatic heterocycles. The lowest BCUT2D eigenvalue weighted by Crippen LogP contribution is -1.75. The molecule has 0 aliphatic carbocycles. The van der Waals surface area contributed by atoms with E-state index in [0.29, 0.717) is 0 Å². The smallest absolute Gasteiger partial charge is 0.0223 e. The maximum absolute atomic E-state index is 5.48. The molecule has 0 unspecified atom stereocenters. The van der Waals surface area contributed by atoms with Gasteiger partial charge < -0.3 is 0 Å². The third kappa shape index (κ3) is 6.32. The first-order valence-electron chi connectivity index (χ1n) is 2.66. The molecule has 0 amide bonds. The zero-order chi connectivity index (χ0) is 6.41. The summed E-state index contributed by atoms with van der Waals surface area (Å²) in [5, 5.41) is 0.732. The Balaban J connectivity index is 2.82. The molecule has 0 aromatic rings. The summed E-state index contributed by atoms with van der Waals surface area (Å²) in [6, 6.07) is 0. The average Bonchev–Trinajstić information content (AvgIpc) is 1.66. The third-order valence-corrected chi connectivity index (χ3v) is 1.29. The number of hydrogen-bond acceptors (Lipinski definition) is 0. The molecule has 2 heteroatoms. The lowest BCUT2D eigenvalue weighted by Gasteiger charge is -1.92. The first-order valence-corrected chi connectivity index (χ1v) is 3.58. The highest BCUT2D eigenvalue weighted by Gasteiger charge is 1.87. The SMILES string of the molecule is C=C(Cl)CCCCCl. The van der Waals surface area contributed by atoms with E-state index in [1.807, 2.05) is 0 Å². The van der Waals surface area contributed by atoms with E-state index >= 15 is 0 Å². The first-order chi connectivity index (χ1) is 3.77. The number of allylic oxidation sites excluding steroid dienone is 1. The van der Waals surface area contributed by atoms with Crippen LogP contribution in [0.4, 0.5) is 0 Å². The Bertz CT molecular complexity index is 68.9. The van der Waals surface area contributed by atoms with Crippen LogP contribution in [0.5, 0.6) is 0 Å². The van der Waals surface area contributed by atoms with E-state index in [2.05, 4.69) is 6.58 Å². The maximum atomic E-state index is 5.48. The minimum absolute atomic E-state index is 0.726. The van der Waals surface area contributed by atoms with E-state index in [9.17, 15) is 0 Å². The molecule has 0 rings (SSSR count). The molecule has 0 atom stereocenters. The van der Waals surface area contributed by atoms with Crippen molar-refractivity contribution in [2.75, 3.05) is 5.88 Å². The molecular formula is C6H10Cl2. The Hall–Kier alpha value is 0.320. The van der Waals surface area contributed by atoms with Crippen LogP contribution in [0.1, 0.15) is 19.3 Å². The fourth-order valence-electron chi connectivity index (χ4n) is 0.411. The first kappa shape index (κ1) is 8.32. The monoisotopic (exact) mass is 152 g/mol. The molecule has 48 valence electrons. The topological polar surface area (TPSA) is 0 Å². The minimum Gasteiger partial charge on any atom is -0.127 e. The Morgan fingerprint density at radius 3 is 2.38 bits per heavy atom. The van der Waals surface area contributed by atoms with Crippen LogP contribution in [0, 0.1) is 0 Å². The van der Waals surface area contributed by atoms with Crippen molar-refractivity contribution in [3.8, 4) is 0 Å². The summed E-state index contributed by atoms with van der Waals surface area (Å²) < 4.78 is 0. The van der Waals surface area contributed by atoms with Crippen LogP contribution in [0.2, 0.25) is 0 Å². The number of hydrogen-bond donors (Lipinski definition) is 0. The predicted molar refractivity (Wildman–Crippen MR) is 39.6 cm³/mol. The standard InChI is InChI=1S/C6H10Cl2/c1-6(8)4-2-3-5-7/h1-5H2. The van der Waals surface area contributed by atoms with E-state index < -0.39 is 0 Å². The quantitative estimate of drug-likeness (QED) is 0.429. The van der Waals surface area contributed by atoms with Gasteiger partial charge in [0.25, 0.3) is 0 Å². The molecular weight excluding hydrogens is 143 g/mol. The highest BCUT2D eigenvalue weighted by atomic mass is 35.5. The summed E-state index contributed by atoms with van der Waals surface area (Å²) in [4.78, 5) is 0. The van der Waals surface area contributed by atoms with Crippen LogP contribution in [-0.4, -0.2) is 5.88 Å². The fraction of sp³-hybridized carbons (Fsp3) is 0.667. The summed E-state index contributed by atoms with van der Waals surface area (Å²) in [5.41, 5.74) is 0. The van der Waals surface area contributed by atoms with Crippen LogP contribution < -0.4 is 0 Å². The highest BCUT2D eigenvalue weighted by Crippen LogP contribution is 2.08. The van der Waals surface area contributed by atoms with Gasteiger partial charge in [-0.25, -0.2) is 0 Å². The van der Waals surface area contributed by atoms with Crippen LogP contribution in [-0.2, 0) is 0 Å². The van der Waals surface area contributed by atoms with Crippen LogP contribution in [0.3, 0.4) is 0 Å². The zero-order valence-electron chi connectivity index (χ0n) is 4.79. The van der Waals surface area contributed by atoms with Gasteiger partial charge in [0.05, 0.1) is 0 Å². The maximum Gasteiger partial charge on any atom is 0.0223 e. The summed E-state index contributed by atoms with van der Waals surface area (Å²) in [6.45, 7) is 3.55. The van der Waals surface area contributed by atoms with Crippen LogP contribution >= 0.6 is 23.2 Å². The van der Waals surface area contributed by atoms with E-state index in [0.717, 1.165) is 30.2 Å². The van der Waals surface area contributed by atoms with Gasteiger partial charge in [-0.2, -0.15) is 0 Å². The highest BCUT2D eigenvalue weighted by molar-refractivity contribution is 6.29. The predicted octanol–water partition coefficient (Wildman–Crippen LogP) is 3.15. The van der Waals surface area contributed by atoms with Crippen molar-refractivity contribution < 1.29 is 0 Å². The van der Waals surface area contributed by atoms with Gasteiger partial charge >= 0.3 is 0 Å². The van der Waals surface area contributed by atoms with Gasteiger partial charge in [-0.05, 0) is 19.3 Å². The summed E-state index contributed by atoms with van der Waals surface area (Å²) >= 11 is 10.9. The van der Waals surface area contributed by atoms with Crippen molar-refractivity contribution in [3.63, 3.8) is 0 Å². The molecule has 0 bridgehead atoms. The molecule has 0 radical (unpaired) electrons. The summed E-state index contributed by atoms with van der Waals surface area (Å²) in [7, 11) is 0. The third-order valence-electron chi connectivity index (χ3n) is 0.832. The molecule has 0 N–H and O–H groups in total. The van der Waals surface area contributed by atoms with Gasteiger partial charge in [-0.3, -0.25) is 0 Å². The second-order valence-corrected chi connectivity index (χ2v) is 2.58. The van der Waals surface area contributed by atoms with E-state index in [1.165, 1.54) is 0 Å². The Morgan fingerprint density at radius 1 is 1.38 bits per heavy atom. The van der Waals surface area contributed by atoms with Crippen molar-refractivity contribution in [1.29, 1.82) is 0 Å². The van der Waals surface area contributed by atoms with Gasteiger partial charge in [-0.15, -0.1) is 11.6 Å². The molecule has 0 fully saturated rings. The van der Waals surface area contributed by atoms with Crippen LogP contribution in [0.15, 0.2) is 11.6 Å². The molecule has 0 aromatic carbocycles. The number of unbranched alkanes of at least 4 members (excludes halogenated alkanes) is 1. The second-order valence-electron chi connectivity index (χ2n) is 1.66. The lowest BCUT2D eigenvalue weighted by atomic mass is 10.2. The average molecular weight is 153 g/mol. The molecule has 0 aliphatic rings. The normalized spacial score (nSPS) is 9.25.